The second-order valence-corrected chi connectivity index (χ2v) is 21.5. The Morgan fingerprint density at radius 3 is 0.988 bits per heavy atom. The summed E-state index contributed by atoms with van der Waals surface area (Å²) in [5, 5.41) is 38.7. The van der Waals surface area contributed by atoms with Gasteiger partial charge in [-0.15, -0.1) is 0 Å². The van der Waals surface area contributed by atoms with Gasteiger partial charge in [0.05, 0.1) is 71.9 Å². The number of hydrogen-bond donors (Lipinski definition) is 0. The Hall–Kier alpha value is -11.8. The molecule has 0 bridgehead atoms. The molecule has 0 amide bonds. The van der Waals surface area contributed by atoms with Crippen LogP contribution in [0.1, 0.15) is 11.1 Å². The smallest absolute Gasteiger partial charge is 0.145 e. The standard InChI is InChI=1S/C74H37N5O4/c75-38-52-64(51-24-15-23-44-40-16-4-11-28-60(40)80-71(44)51)70(79-56-27-10-3-22-50(56)67-59(79)37-34-47-43-19-7-14-31-63(43)83-74(47)67)69(78-55-26-9-2-21-49(55)66-58(78)36-33-46-42-18-6-13-30-62(42)82-73(46)66)53(39-76)68(52)77-54-25-8-1-20-48(54)65-57(77)35-32-45-41-17-5-12-29-61(41)81-72(45)65/h1-37H. The number of nitriles is 2. The highest BCUT2D eigenvalue weighted by atomic mass is 16.3. The summed E-state index contributed by atoms with van der Waals surface area (Å²) < 4.78 is 34.5. The molecule has 19 rings (SSSR count). The van der Waals surface area contributed by atoms with Gasteiger partial charge in [-0.05, 0) is 78.9 Å². The van der Waals surface area contributed by atoms with Crippen molar-refractivity contribution in [2.24, 2.45) is 0 Å². The van der Waals surface area contributed by atoms with Gasteiger partial charge in [0, 0.05) is 70.4 Å². The maximum absolute atomic E-state index is 12.8. The molecule has 0 atom stereocenters. The molecule has 19 aromatic rings. The molecule has 7 heterocycles. The van der Waals surface area contributed by atoms with Crippen molar-refractivity contribution in [3.05, 3.63) is 236 Å². The van der Waals surface area contributed by atoms with E-state index in [1.54, 1.807) is 0 Å². The fraction of sp³-hybridized carbons (Fsp3) is 0. The zero-order chi connectivity index (χ0) is 54.3. The number of fused-ring (bicyclic) bond motifs is 24. The molecule has 0 spiro atoms. The van der Waals surface area contributed by atoms with Gasteiger partial charge in [0.2, 0.25) is 0 Å². The average Bonchev–Trinajstić information content (AvgIpc) is 1.79. The second-order valence-electron chi connectivity index (χ2n) is 21.5. The maximum atomic E-state index is 12.8. The topological polar surface area (TPSA) is 115 Å². The van der Waals surface area contributed by atoms with Gasteiger partial charge in [-0.3, -0.25) is 0 Å². The molecule has 7 aromatic heterocycles. The van der Waals surface area contributed by atoms with Crippen molar-refractivity contribution in [2.45, 2.75) is 0 Å². The molecule has 0 aliphatic carbocycles. The van der Waals surface area contributed by atoms with Gasteiger partial charge in [0.25, 0.3) is 0 Å². The third kappa shape index (κ3) is 5.57. The van der Waals surface area contributed by atoms with Crippen LogP contribution < -0.4 is 0 Å². The summed E-state index contributed by atoms with van der Waals surface area (Å²) in [5.74, 6) is 0. The van der Waals surface area contributed by atoms with Crippen molar-refractivity contribution in [3.63, 3.8) is 0 Å². The molecular weight excluding hydrogens is 1020 g/mol. The van der Waals surface area contributed by atoms with Crippen molar-refractivity contribution in [3.8, 4) is 40.3 Å². The third-order valence-corrected chi connectivity index (χ3v) is 17.5. The van der Waals surface area contributed by atoms with Gasteiger partial charge < -0.3 is 31.4 Å². The zero-order valence-electron chi connectivity index (χ0n) is 43.7. The highest BCUT2D eigenvalue weighted by Crippen LogP contribution is 2.53. The third-order valence-electron chi connectivity index (χ3n) is 17.5. The van der Waals surface area contributed by atoms with Gasteiger partial charge in [-0.25, -0.2) is 0 Å². The summed E-state index contributed by atoms with van der Waals surface area (Å²) >= 11 is 0. The van der Waals surface area contributed by atoms with Gasteiger partial charge in [-0.2, -0.15) is 10.5 Å². The van der Waals surface area contributed by atoms with Crippen LogP contribution in [0.15, 0.2) is 242 Å². The molecule has 9 heteroatoms. The van der Waals surface area contributed by atoms with Crippen LogP contribution in [0, 0.1) is 22.7 Å². The van der Waals surface area contributed by atoms with E-state index in [0.717, 1.165) is 142 Å². The van der Waals surface area contributed by atoms with Crippen LogP contribution in [0.5, 0.6) is 0 Å². The SMILES string of the molecule is N#Cc1c(-c2cccc3c2oc2ccccc23)c(-n2c3ccccc3c3c4oc5ccccc5c4ccc32)c(-n2c3ccccc3c3c4oc5ccccc5c4ccc32)c(C#N)c1-n1c2ccccc2c2c3oc4ccccc4c3ccc21. The molecule has 0 fully saturated rings. The molecule has 382 valence electrons. The van der Waals surface area contributed by atoms with Gasteiger partial charge in [0.1, 0.15) is 62.4 Å². The van der Waals surface area contributed by atoms with E-state index >= 15 is 0 Å². The first kappa shape index (κ1) is 44.1. The van der Waals surface area contributed by atoms with Crippen LogP contribution in [0.3, 0.4) is 0 Å². The van der Waals surface area contributed by atoms with Crippen molar-refractivity contribution in [1.82, 2.24) is 13.7 Å². The number of nitrogens with zero attached hydrogens (tertiary/aromatic N) is 5. The van der Waals surface area contributed by atoms with Gasteiger partial charge in [0.15, 0.2) is 0 Å². The molecule has 0 aliphatic heterocycles. The summed E-state index contributed by atoms with van der Waals surface area (Å²) in [4.78, 5) is 0. The first-order valence-corrected chi connectivity index (χ1v) is 27.6. The number of para-hydroxylation sites is 8. The van der Waals surface area contributed by atoms with Crippen LogP contribution in [-0.2, 0) is 0 Å². The average molecular weight is 1060 g/mol. The Balaban J connectivity index is 1.10. The number of benzene rings is 12. The van der Waals surface area contributed by atoms with Crippen LogP contribution >= 0.6 is 0 Å². The minimum absolute atomic E-state index is 0.271. The minimum atomic E-state index is 0.271. The first-order valence-electron chi connectivity index (χ1n) is 27.6. The van der Waals surface area contributed by atoms with E-state index in [-0.39, 0.29) is 11.1 Å². The van der Waals surface area contributed by atoms with Crippen LogP contribution in [0.25, 0.3) is 181 Å². The Morgan fingerprint density at radius 2 is 0.578 bits per heavy atom. The van der Waals surface area contributed by atoms with E-state index in [1.165, 1.54) is 0 Å². The lowest BCUT2D eigenvalue weighted by Gasteiger charge is -2.26. The first-order chi connectivity index (χ1) is 41.1. The number of aromatic nitrogens is 3. The Morgan fingerprint density at radius 1 is 0.253 bits per heavy atom. The predicted molar refractivity (Wildman–Crippen MR) is 333 cm³/mol. The van der Waals surface area contributed by atoms with E-state index < -0.39 is 0 Å². The molecule has 12 aromatic carbocycles. The van der Waals surface area contributed by atoms with Gasteiger partial charge >= 0.3 is 0 Å². The van der Waals surface area contributed by atoms with E-state index in [9.17, 15) is 10.5 Å². The van der Waals surface area contributed by atoms with E-state index in [1.807, 2.05) is 103 Å². The van der Waals surface area contributed by atoms with Crippen molar-refractivity contribution < 1.29 is 17.7 Å². The molecule has 9 nitrogen and oxygen atoms in total. The lowest BCUT2D eigenvalue weighted by atomic mass is 9.90. The lowest BCUT2D eigenvalue weighted by molar-refractivity contribution is 0.670. The highest BCUT2D eigenvalue weighted by Gasteiger charge is 2.36. The van der Waals surface area contributed by atoms with Crippen molar-refractivity contribution >= 4 is 153 Å². The molecule has 0 N–H and O–H groups in total. The van der Waals surface area contributed by atoms with E-state index in [2.05, 4.69) is 147 Å². The molecule has 0 saturated heterocycles. The monoisotopic (exact) mass is 1060 g/mol. The fourth-order valence-electron chi connectivity index (χ4n) is 14.2. The molecule has 0 aliphatic rings. The summed E-state index contributed by atoms with van der Waals surface area (Å²) in [6, 6.07) is 82.1. The van der Waals surface area contributed by atoms with E-state index in [0.29, 0.717) is 39.4 Å². The number of furan rings is 4. The Bertz CT molecular complexity index is 6230. The quantitative estimate of drug-likeness (QED) is 0.173. The Labute approximate surface area is 468 Å². The summed E-state index contributed by atoms with van der Waals surface area (Å²) in [5.41, 5.74) is 14.1. The van der Waals surface area contributed by atoms with Crippen LogP contribution in [-0.4, -0.2) is 13.7 Å². The van der Waals surface area contributed by atoms with Crippen LogP contribution in [0.4, 0.5) is 0 Å². The van der Waals surface area contributed by atoms with Crippen molar-refractivity contribution in [2.75, 3.05) is 0 Å². The largest absolute Gasteiger partial charge is 0.455 e. The van der Waals surface area contributed by atoms with E-state index in [4.69, 9.17) is 17.7 Å². The minimum Gasteiger partial charge on any atom is -0.455 e. The predicted octanol–water partition coefficient (Wildman–Crippen LogP) is 20.0. The number of rotatable bonds is 4. The lowest BCUT2D eigenvalue weighted by Crippen LogP contribution is -2.14. The normalized spacial score (nSPS) is 12.3. The molecule has 0 saturated carbocycles. The zero-order valence-corrected chi connectivity index (χ0v) is 43.7. The second kappa shape index (κ2) is 16.0. The summed E-state index contributed by atoms with van der Waals surface area (Å²) in [7, 11) is 0. The molecule has 0 radical (unpaired) electrons. The maximum Gasteiger partial charge on any atom is 0.145 e. The highest BCUT2D eigenvalue weighted by molar-refractivity contribution is 6.28. The molecule has 83 heavy (non-hydrogen) atoms. The van der Waals surface area contributed by atoms with Gasteiger partial charge in [-0.1, -0.05) is 146 Å². The summed E-state index contributed by atoms with van der Waals surface area (Å²) in [6.07, 6.45) is 0. The summed E-state index contributed by atoms with van der Waals surface area (Å²) in [6.45, 7) is 0. The number of hydrogen-bond acceptors (Lipinski definition) is 6. The molecular formula is C74H37N5O4. The van der Waals surface area contributed by atoms with Crippen molar-refractivity contribution in [1.29, 1.82) is 10.5 Å². The molecule has 0 unspecified atom stereocenters. The Kier molecular flexibility index (Phi) is 8.48. The van der Waals surface area contributed by atoms with Crippen LogP contribution in [0.2, 0.25) is 0 Å². The fourth-order valence-corrected chi connectivity index (χ4v) is 14.2.